The lowest BCUT2D eigenvalue weighted by molar-refractivity contribution is -0.135. The summed E-state index contributed by atoms with van der Waals surface area (Å²) in [5.41, 5.74) is 0.989. The Labute approximate surface area is 125 Å². The molecule has 1 aliphatic heterocycles. The third kappa shape index (κ3) is 5.99. The molecule has 0 aromatic heterocycles. The van der Waals surface area contributed by atoms with Crippen molar-refractivity contribution in [2.75, 3.05) is 34.0 Å². The first kappa shape index (κ1) is 17.2. The topological polar surface area (TPSA) is 73.9 Å². The van der Waals surface area contributed by atoms with Crippen LogP contribution in [0.1, 0.15) is 19.8 Å². The minimum absolute atomic E-state index is 0.315. The Kier molecular flexibility index (Phi) is 7.53. The molecule has 118 valence electrons. The largest absolute Gasteiger partial charge is 0.466 e. The Morgan fingerprint density at radius 1 is 1.19 bits per heavy atom. The van der Waals surface area contributed by atoms with Crippen LogP contribution in [0.2, 0.25) is 0 Å². The van der Waals surface area contributed by atoms with Crippen molar-refractivity contribution in [2.45, 2.75) is 19.8 Å². The van der Waals surface area contributed by atoms with Gasteiger partial charge >= 0.3 is 11.9 Å². The van der Waals surface area contributed by atoms with Crippen LogP contribution in [-0.2, 0) is 23.8 Å². The zero-order valence-corrected chi connectivity index (χ0v) is 12.8. The van der Waals surface area contributed by atoms with Gasteiger partial charge < -0.3 is 19.5 Å². The van der Waals surface area contributed by atoms with Gasteiger partial charge in [-0.1, -0.05) is 0 Å². The molecule has 1 rings (SSSR count). The second-order valence-corrected chi connectivity index (χ2v) is 4.82. The van der Waals surface area contributed by atoms with E-state index in [0.29, 0.717) is 17.2 Å². The van der Waals surface area contributed by atoms with Gasteiger partial charge in [0.1, 0.15) is 0 Å². The zero-order valence-electron chi connectivity index (χ0n) is 12.8. The summed E-state index contributed by atoms with van der Waals surface area (Å²) in [7, 11) is 2.59. The number of rotatable bonds is 6. The highest BCUT2D eigenvalue weighted by Gasteiger charge is 2.15. The number of allylic oxidation sites excluding steroid dienone is 1. The third-order valence-corrected chi connectivity index (χ3v) is 3.39. The molecule has 6 heteroatoms. The van der Waals surface area contributed by atoms with Crippen LogP contribution in [0, 0.1) is 5.92 Å². The summed E-state index contributed by atoms with van der Waals surface area (Å²) < 4.78 is 14.6. The van der Waals surface area contributed by atoms with Crippen molar-refractivity contribution in [1.29, 1.82) is 0 Å². The fourth-order valence-corrected chi connectivity index (χ4v) is 2.02. The molecule has 0 spiro atoms. The first-order valence-electron chi connectivity index (χ1n) is 6.95. The monoisotopic (exact) mass is 297 g/mol. The summed E-state index contributed by atoms with van der Waals surface area (Å²) in [4.78, 5) is 22.9. The van der Waals surface area contributed by atoms with Gasteiger partial charge in [-0.25, -0.2) is 9.59 Å². The van der Waals surface area contributed by atoms with E-state index in [2.05, 4.69) is 10.1 Å². The van der Waals surface area contributed by atoms with Crippen LogP contribution in [-0.4, -0.2) is 45.9 Å². The van der Waals surface area contributed by atoms with E-state index in [1.807, 2.05) is 0 Å². The van der Waals surface area contributed by atoms with Crippen LogP contribution in [0.15, 0.2) is 23.4 Å². The lowest BCUT2D eigenvalue weighted by Gasteiger charge is -2.23. The van der Waals surface area contributed by atoms with E-state index >= 15 is 0 Å². The number of methoxy groups -OCH3 is 2. The molecule has 0 radical (unpaired) electrons. The lowest BCUT2D eigenvalue weighted by Crippen LogP contribution is -2.28. The first-order valence-corrected chi connectivity index (χ1v) is 6.95. The molecule has 0 aromatic carbocycles. The minimum Gasteiger partial charge on any atom is -0.466 e. The molecule has 0 amide bonds. The van der Waals surface area contributed by atoms with Crippen LogP contribution in [0.25, 0.3) is 0 Å². The predicted octanol–water partition coefficient (Wildman–Crippen LogP) is 1.18. The Balaban J connectivity index is 2.70. The van der Waals surface area contributed by atoms with Gasteiger partial charge in [-0.15, -0.1) is 0 Å². The van der Waals surface area contributed by atoms with E-state index in [-0.39, 0.29) is 0 Å². The number of hydrogen-bond donors (Lipinski definition) is 1. The summed E-state index contributed by atoms with van der Waals surface area (Å²) in [5, 5.41) is 3.23. The number of nitrogens with one attached hydrogen (secondary N) is 1. The molecule has 6 nitrogen and oxygen atoms in total. The molecule has 0 bridgehead atoms. The standard InChI is InChI=1S/C15H23NO5/c1-11(16-10-12-6-8-21-9-7-12)13(15(18)20-3)4-5-14(17)19-2/h4-5,12,16H,6-10H2,1-3H3. The number of carbonyl (C=O) groups excluding carboxylic acids is 2. The van der Waals surface area contributed by atoms with Gasteiger partial charge in [-0.05, 0) is 31.8 Å². The van der Waals surface area contributed by atoms with E-state index < -0.39 is 11.9 Å². The van der Waals surface area contributed by atoms with E-state index in [4.69, 9.17) is 9.47 Å². The van der Waals surface area contributed by atoms with Gasteiger partial charge in [0.15, 0.2) is 0 Å². The van der Waals surface area contributed by atoms with Gasteiger partial charge in [-0.3, -0.25) is 0 Å². The van der Waals surface area contributed by atoms with Crippen molar-refractivity contribution in [3.05, 3.63) is 23.4 Å². The number of carbonyl (C=O) groups is 2. The molecule has 0 saturated carbocycles. The summed E-state index contributed by atoms with van der Waals surface area (Å²) in [5.74, 6) is -0.488. The average molecular weight is 297 g/mol. The van der Waals surface area contributed by atoms with Crippen molar-refractivity contribution in [1.82, 2.24) is 5.32 Å². The summed E-state index contributed by atoms with van der Waals surface area (Å²) in [6.07, 6.45) is 4.62. The maximum atomic E-state index is 11.8. The molecule has 21 heavy (non-hydrogen) atoms. The second kappa shape index (κ2) is 9.18. The number of hydrogen-bond acceptors (Lipinski definition) is 6. The smallest absolute Gasteiger partial charge is 0.339 e. The normalized spacial score (nSPS) is 17.3. The Morgan fingerprint density at radius 3 is 2.43 bits per heavy atom. The van der Waals surface area contributed by atoms with Crippen molar-refractivity contribution in [3.63, 3.8) is 0 Å². The third-order valence-electron chi connectivity index (χ3n) is 3.39. The van der Waals surface area contributed by atoms with Gasteiger partial charge in [0.2, 0.25) is 0 Å². The zero-order chi connectivity index (χ0) is 15.7. The molecular formula is C15H23NO5. The SMILES string of the molecule is COC(=O)C=CC(C(=O)OC)=C(C)NCC1CCOCC1. The molecule has 1 N–H and O–H groups in total. The fourth-order valence-electron chi connectivity index (χ4n) is 2.02. The molecule has 1 saturated heterocycles. The highest BCUT2D eigenvalue weighted by Crippen LogP contribution is 2.14. The molecule has 1 heterocycles. The van der Waals surface area contributed by atoms with E-state index in [0.717, 1.165) is 32.6 Å². The Bertz CT molecular complexity index is 422. The Morgan fingerprint density at radius 2 is 1.86 bits per heavy atom. The molecule has 0 atom stereocenters. The first-order chi connectivity index (χ1) is 10.1. The highest BCUT2D eigenvalue weighted by molar-refractivity contribution is 5.94. The summed E-state index contributed by atoms with van der Waals surface area (Å²) in [6, 6.07) is 0. The second-order valence-electron chi connectivity index (χ2n) is 4.82. The van der Waals surface area contributed by atoms with Crippen molar-refractivity contribution < 1.29 is 23.8 Å². The number of ether oxygens (including phenoxy) is 3. The maximum Gasteiger partial charge on any atom is 0.339 e. The van der Waals surface area contributed by atoms with Crippen LogP contribution in [0.4, 0.5) is 0 Å². The predicted molar refractivity (Wildman–Crippen MR) is 77.4 cm³/mol. The van der Waals surface area contributed by atoms with Crippen LogP contribution >= 0.6 is 0 Å². The van der Waals surface area contributed by atoms with Crippen molar-refractivity contribution in [2.24, 2.45) is 5.92 Å². The summed E-state index contributed by atoms with van der Waals surface area (Å²) in [6.45, 7) is 4.11. The fraction of sp³-hybridized carbons (Fsp3) is 0.600. The quantitative estimate of drug-likeness (QED) is 0.451. The molecule has 0 aromatic rings. The van der Waals surface area contributed by atoms with Crippen LogP contribution in [0.5, 0.6) is 0 Å². The molecule has 1 aliphatic rings. The lowest BCUT2D eigenvalue weighted by atomic mass is 10.0. The van der Waals surface area contributed by atoms with E-state index in [1.165, 1.54) is 26.4 Å². The maximum absolute atomic E-state index is 11.8. The molecule has 0 unspecified atom stereocenters. The minimum atomic E-state index is -0.520. The van der Waals surface area contributed by atoms with Gasteiger partial charge in [-0.2, -0.15) is 0 Å². The van der Waals surface area contributed by atoms with Gasteiger partial charge in [0.25, 0.3) is 0 Å². The number of esters is 2. The summed E-state index contributed by atoms with van der Waals surface area (Å²) >= 11 is 0. The van der Waals surface area contributed by atoms with Gasteiger partial charge in [0, 0.05) is 31.5 Å². The highest BCUT2D eigenvalue weighted by atomic mass is 16.5. The molecule has 0 aliphatic carbocycles. The van der Waals surface area contributed by atoms with Crippen molar-refractivity contribution in [3.8, 4) is 0 Å². The van der Waals surface area contributed by atoms with Crippen molar-refractivity contribution >= 4 is 11.9 Å². The average Bonchev–Trinajstić information content (AvgIpc) is 2.53. The van der Waals surface area contributed by atoms with Crippen LogP contribution < -0.4 is 5.32 Å². The Hall–Kier alpha value is -1.82. The molecular weight excluding hydrogens is 274 g/mol. The van der Waals surface area contributed by atoms with E-state index in [1.54, 1.807) is 6.92 Å². The molecule has 1 fully saturated rings. The van der Waals surface area contributed by atoms with Gasteiger partial charge in [0.05, 0.1) is 19.8 Å². The van der Waals surface area contributed by atoms with E-state index in [9.17, 15) is 9.59 Å². The van der Waals surface area contributed by atoms with Crippen LogP contribution in [0.3, 0.4) is 0 Å².